The molecule has 5 heteroatoms. The molecule has 1 N–H and O–H groups in total. The molecule has 0 saturated heterocycles. The third-order valence-corrected chi connectivity index (χ3v) is 3.78. The lowest BCUT2D eigenvalue weighted by Crippen LogP contribution is -2.27. The molecule has 0 radical (unpaired) electrons. The molecular formula is C13H16BrFO3. The van der Waals surface area contributed by atoms with Crippen LogP contribution in [0.1, 0.15) is 25.0 Å². The summed E-state index contributed by atoms with van der Waals surface area (Å²) < 4.78 is 19.4. The van der Waals surface area contributed by atoms with E-state index in [0.29, 0.717) is 10.0 Å². The highest BCUT2D eigenvalue weighted by Crippen LogP contribution is 2.36. The van der Waals surface area contributed by atoms with Gasteiger partial charge in [-0.25, -0.2) is 4.39 Å². The molecule has 100 valence electrons. The molecule has 0 spiro atoms. The zero-order valence-electron chi connectivity index (χ0n) is 10.8. The van der Waals surface area contributed by atoms with Gasteiger partial charge in [-0.15, -0.1) is 0 Å². The van der Waals surface area contributed by atoms with Crippen LogP contribution in [-0.2, 0) is 11.2 Å². The van der Waals surface area contributed by atoms with Gasteiger partial charge in [-0.05, 0) is 38.8 Å². The Morgan fingerprint density at radius 3 is 2.56 bits per heavy atom. The summed E-state index contributed by atoms with van der Waals surface area (Å²) in [6.45, 7) is 5.01. The van der Waals surface area contributed by atoms with E-state index in [2.05, 4.69) is 15.9 Å². The SMILES string of the molecule is COc1c(F)cc(Br)c(C)c1CC(C)(C)C(=O)O. The van der Waals surface area contributed by atoms with E-state index in [9.17, 15) is 9.18 Å². The molecular weight excluding hydrogens is 303 g/mol. The van der Waals surface area contributed by atoms with Crippen molar-refractivity contribution in [2.75, 3.05) is 7.11 Å². The van der Waals surface area contributed by atoms with Crippen molar-refractivity contribution in [1.29, 1.82) is 0 Å². The summed E-state index contributed by atoms with van der Waals surface area (Å²) in [5.74, 6) is -1.31. The number of halogens is 2. The molecule has 0 amide bonds. The predicted molar refractivity (Wildman–Crippen MR) is 70.5 cm³/mol. The number of hydrogen-bond acceptors (Lipinski definition) is 2. The van der Waals surface area contributed by atoms with E-state index < -0.39 is 17.2 Å². The molecule has 0 heterocycles. The maximum Gasteiger partial charge on any atom is 0.309 e. The Balaban J connectivity index is 3.35. The van der Waals surface area contributed by atoms with E-state index in [4.69, 9.17) is 9.84 Å². The zero-order valence-corrected chi connectivity index (χ0v) is 12.4. The van der Waals surface area contributed by atoms with Crippen LogP contribution in [0.2, 0.25) is 0 Å². The second kappa shape index (κ2) is 5.26. The Morgan fingerprint density at radius 2 is 2.11 bits per heavy atom. The Morgan fingerprint density at radius 1 is 1.56 bits per heavy atom. The number of carbonyl (C=O) groups is 1. The van der Waals surface area contributed by atoms with Crippen molar-refractivity contribution in [3.05, 3.63) is 27.5 Å². The summed E-state index contributed by atoms with van der Waals surface area (Å²) in [5.41, 5.74) is 0.394. The average Bonchev–Trinajstić information content (AvgIpc) is 2.25. The van der Waals surface area contributed by atoms with Crippen molar-refractivity contribution in [2.45, 2.75) is 27.2 Å². The van der Waals surface area contributed by atoms with Crippen LogP contribution in [0.15, 0.2) is 10.5 Å². The Labute approximate surface area is 114 Å². The third kappa shape index (κ3) is 2.83. The Bertz CT molecular complexity index is 484. The molecule has 0 fully saturated rings. The van der Waals surface area contributed by atoms with Crippen LogP contribution in [0.5, 0.6) is 5.75 Å². The number of ether oxygens (including phenoxy) is 1. The maximum atomic E-state index is 13.8. The zero-order chi connectivity index (χ0) is 14.1. The van der Waals surface area contributed by atoms with Gasteiger partial charge in [0, 0.05) is 10.0 Å². The average molecular weight is 319 g/mol. The largest absolute Gasteiger partial charge is 0.493 e. The third-order valence-electron chi connectivity index (χ3n) is 2.96. The normalized spacial score (nSPS) is 11.4. The van der Waals surface area contributed by atoms with Crippen LogP contribution in [0.4, 0.5) is 4.39 Å². The van der Waals surface area contributed by atoms with E-state index in [0.717, 1.165) is 5.56 Å². The Hall–Kier alpha value is -1.10. The van der Waals surface area contributed by atoms with E-state index >= 15 is 0 Å². The first-order valence-corrected chi connectivity index (χ1v) is 6.25. The summed E-state index contributed by atoms with van der Waals surface area (Å²) in [5, 5.41) is 9.15. The van der Waals surface area contributed by atoms with E-state index in [-0.39, 0.29) is 12.2 Å². The fraction of sp³-hybridized carbons (Fsp3) is 0.462. The summed E-state index contributed by atoms with van der Waals surface area (Å²) in [7, 11) is 1.38. The lowest BCUT2D eigenvalue weighted by Gasteiger charge is -2.22. The fourth-order valence-corrected chi connectivity index (χ4v) is 2.14. The minimum Gasteiger partial charge on any atom is -0.493 e. The van der Waals surface area contributed by atoms with Crippen LogP contribution in [0.25, 0.3) is 0 Å². The molecule has 1 aromatic carbocycles. The number of hydrogen-bond donors (Lipinski definition) is 1. The fourth-order valence-electron chi connectivity index (χ4n) is 1.69. The summed E-state index contributed by atoms with van der Waals surface area (Å²) in [4.78, 5) is 11.2. The number of carboxylic acids is 1. The predicted octanol–water partition coefficient (Wildman–Crippen LogP) is 3.56. The number of benzene rings is 1. The molecule has 3 nitrogen and oxygen atoms in total. The minimum atomic E-state index is -0.981. The van der Waals surface area contributed by atoms with Gasteiger partial charge in [0.25, 0.3) is 0 Å². The monoisotopic (exact) mass is 318 g/mol. The first kappa shape index (κ1) is 15.0. The molecule has 0 saturated carbocycles. The lowest BCUT2D eigenvalue weighted by molar-refractivity contribution is -0.146. The topological polar surface area (TPSA) is 46.5 Å². The number of rotatable bonds is 4. The highest BCUT2D eigenvalue weighted by molar-refractivity contribution is 9.10. The van der Waals surface area contributed by atoms with Gasteiger partial charge in [0.05, 0.1) is 12.5 Å². The van der Waals surface area contributed by atoms with Crippen molar-refractivity contribution in [3.63, 3.8) is 0 Å². The van der Waals surface area contributed by atoms with Crippen molar-refractivity contribution in [1.82, 2.24) is 0 Å². The standard InChI is InChI=1S/C13H16BrFO3/c1-7-8(6-13(2,3)12(16)17)11(18-4)10(15)5-9(7)14/h5H,6H2,1-4H3,(H,16,17). The highest BCUT2D eigenvalue weighted by Gasteiger charge is 2.30. The lowest BCUT2D eigenvalue weighted by atomic mass is 9.84. The Kier molecular flexibility index (Phi) is 4.37. The van der Waals surface area contributed by atoms with Crippen LogP contribution in [0.3, 0.4) is 0 Å². The van der Waals surface area contributed by atoms with E-state index in [1.54, 1.807) is 20.8 Å². The molecule has 0 bridgehead atoms. The van der Waals surface area contributed by atoms with Gasteiger partial charge in [-0.1, -0.05) is 15.9 Å². The molecule has 0 aliphatic carbocycles. The van der Waals surface area contributed by atoms with Crippen molar-refractivity contribution in [2.24, 2.45) is 5.41 Å². The van der Waals surface area contributed by atoms with Gasteiger partial charge >= 0.3 is 5.97 Å². The number of carboxylic acid groups (broad SMARTS) is 1. The number of aliphatic carboxylic acids is 1. The molecule has 0 aliphatic heterocycles. The first-order chi connectivity index (χ1) is 8.20. The summed E-state index contributed by atoms with van der Waals surface area (Å²) in [6.07, 6.45) is 0.202. The second-order valence-electron chi connectivity index (χ2n) is 4.84. The van der Waals surface area contributed by atoms with E-state index in [1.807, 2.05) is 0 Å². The first-order valence-electron chi connectivity index (χ1n) is 5.45. The molecule has 0 aromatic heterocycles. The van der Waals surface area contributed by atoms with Gasteiger partial charge in [-0.2, -0.15) is 0 Å². The molecule has 1 aromatic rings. The maximum absolute atomic E-state index is 13.8. The molecule has 0 unspecified atom stereocenters. The number of methoxy groups -OCH3 is 1. The summed E-state index contributed by atoms with van der Waals surface area (Å²) >= 11 is 3.26. The van der Waals surface area contributed by atoms with Gasteiger partial charge < -0.3 is 9.84 Å². The van der Waals surface area contributed by atoms with Gasteiger partial charge in [0.2, 0.25) is 0 Å². The van der Waals surface area contributed by atoms with Crippen molar-refractivity contribution in [3.8, 4) is 5.75 Å². The van der Waals surface area contributed by atoms with Crippen LogP contribution in [0, 0.1) is 18.2 Å². The minimum absolute atomic E-state index is 0.116. The van der Waals surface area contributed by atoms with Gasteiger partial charge in [-0.3, -0.25) is 4.79 Å². The highest BCUT2D eigenvalue weighted by atomic mass is 79.9. The van der Waals surface area contributed by atoms with E-state index in [1.165, 1.54) is 13.2 Å². The smallest absolute Gasteiger partial charge is 0.309 e. The summed E-state index contributed by atoms with van der Waals surface area (Å²) in [6, 6.07) is 1.32. The van der Waals surface area contributed by atoms with Crippen molar-refractivity contribution >= 4 is 21.9 Å². The van der Waals surface area contributed by atoms with Crippen molar-refractivity contribution < 1.29 is 19.0 Å². The molecule has 18 heavy (non-hydrogen) atoms. The van der Waals surface area contributed by atoms with Gasteiger partial charge in [0.15, 0.2) is 11.6 Å². The van der Waals surface area contributed by atoms with Crippen LogP contribution < -0.4 is 4.74 Å². The molecule has 1 rings (SSSR count). The van der Waals surface area contributed by atoms with Crippen LogP contribution in [-0.4, -0.2) is 18.2 Å². The van der Waals surface area contributed by atoms with Gasteiger partial charge in [0.1, 0.15) is 0 Å². The second-order valence-corrected chi connectivity index (χ2v) is 5.70. The van der Waals surface area contributed by atoms with Crippen LogP contribution >= 0.6 is 15.9 Å². The quantitative estimate of drug-likeness (QED) is 0.923. The molecule has 0 atom stereocenters. The molecule has 0 aliphatic rings.